The number of carboxylic acids is 1. The third-order valence-electron chi connectivity index (χ3n) is 3.39. The molecular weight excluding hydrogens is 278 g/mol. The number of amides is 2. The van der Waals surface area contributed by atoms with Crippen LogP contribution in [0.15, 0.2) is 6.20 Å². The van der Waals surface area contributed by atoms with Crippen molar-refractivity contribution >= 4 is 23.3 Å². The number of nitrogens with zero attached hydrogens (tertiary/aromatic N) is 2. The van der Waals surface area contributed by atoms with Gasteiger partial charge in [-0.1, -0.05) is 6.92 Å². The highest BCUT2D eigenvalue weighted by Crippen LogP contribution is 2.16. The topological polar surface area (TPSA) is 82.5 Å². The predicted molar refractivity (Wildman–Crippen MR) is 75.9 cm³/mol. The van der Waals surface area contributed by atoms with Crippen LogP contribution in [0.3, 0.4) is 0 Å². The summed E-state index contributed by atoms with van der Waals surface area (Å²) in [6.07, 6.45) is 4.11. The van der Waals surface area contributed by atoms with Crippen LogP contribution in [-0.4, -0.2) is 46.6 Å². The molecule has 20 heavy (non-hydrogen) atoms. The molecule has 1 atom stereocenters. The number of hydrogen-bond donors (Lipinski definition) is 2. The molecule has 1 aliphatic heterocycles. The fourth-order valence-corrected chi connectivity index (χ4v) is 3.02. The van der Waals surface area contributed by atoms with E-state index in [-0.39, 0.29) is 6.03 Å². The molecule has 0 aromatic carbocycles. The molecule has 1 aromatic heterocycles. The highest BCUT2D eigenvalue weighted by molar-refractivity contribution is 7.11. The van der Waals surface area contributed by atoms with Crippen molar-refractivity contribution in [2.75, 3.05) is 19.6 Å². The van der Waals surface area contributed by atoms with E-state index in [0.717, 1.165) is 11.4 Å². The number of rotatable bonds is 5. The number of nitrogens with one attached hydrogen (secondary N) is 1. The van der Waals surface area contributed by atoms with E-state index < -0.39 is 11.9 Å². The third-order valence-corrected chi connectivity index (χ3v) is 4.59. The standard InChI is InChI=1S/C13H19N3O3S/c1-2-10-7-15-11(20-10)3-5-14-13(19)16-6-4-9(8-16)12(17)18/h7,9H,2-6,8H2,1H3,(H,14,19)(H,17,18). The minimum atomic E-state index is -0.824. The summed E-state index contributed by atoms with van der Waals surface area (Å²) in [6, 6.07) is -0.180. The van der Waals surface area contributed by atoms with E-state index in [0.29, 0.717) is 32.5 Å². The first-order chi connectivity index (χ1) is 9.60. The van der Waals surface area contributed by atoms with Crippen LogP contribution < -0.4 is 5.32 Å². The van der Waals surface area contributed by atoms with Crippen molar-refractivity contribution in [3.63, 3.8) is 0 Å². The van der Waals surface area contributed by atoms with Gasteiger partial charge in [-0.3, -0.25) is 4.79 Å². The molecule has 1 fully saturated rings. The van der Waals surface area contributed by atoms with E-state index in [4.69, 9.17) is 5.11 Å². The number of thiazole rings is 1. The summed E-state index contributed by atoms with van der Waals surface area (Å²) in [5.74, 6) is -1.25. The maximum absolute atomic E-state index is 11.9. The molecule has 2 N–H and O–H groups in total. The summed E-state index contributed by atoms with van der Waals surface area (Å²) in [5, 5.41) is 12.7. The summed E-state index contributed by atoms with van der Waals surface area (Å²) < 4.78 is 0. The molecule has 1 aromatic rings. The van der Waals surface area contributed by atoms with Gasteiger partial charge in [0.2, 0.25) is 0 Å². The summed E-state index contributed by atoms with van der Waals surface area (Å²) in [4.78, 5) is 29.8. The molecule has 0 saturated carbocycles. The zero-order valence-electron chi connectivity index (χ0n) is 11.5. The average molecular weight is 297 g/mol. The number of likely N-dealkylation sites (tertiary alicyclic amines) is 1. The Morgan fingerprint density at radius 1 is 1.60 bits per heavy atom. The summed E-state index contributed by atoms with van der Waals surface area (Å²) in [5.41, 5.74) is 0. The zero-order chi connectivity index (χ0) is 14.5. The fraction of sp³-hybridized carbons (Fsp3) is 0.615. The number of aliphatic carboxylic acids is 1. The Morgan fingerprint density at radius 2 is 2.40 bits per heavy atom. The van der Waals surface area contributed by atoms with Gasteiger partial charge >= 0.3 is 12.0 Å². The second kappa shape index (κ2) is 6.69. The molecule has 2 amide bonds. The summed E-state index contributed by atoms with van der Waals surface area (Å²) in [7, 11) is 0. The molecule has 0 aliphatic carbocycles. The molecule has 2 rings (SSSR count). The van der Waals surface area contributed by atoms with E-state index >= 15 is 0 Å². The highest BCUT2D eigenvalue weighted by atomic mass is 32.1. The number of carboxylic acid groups (broad SMARTS) is 1. The van der Waals surface area contributed by atoms with E-state index in [9.17, 15) is 9.59 Å². The number of hydrogen-bond acceptors (Lipinski definition) is 4. The van der Waals surface area contributed by atoms with Gasteiger partial charge in [-0.05, 0) is 12.8 Å². The lowest BCUT2D eigenvalue weighted by atomic mass is 10.1. The van der Waals surface area contributed by atoms with Crippen LogP contribution in [0.25, 0.3) is 0 Å². The molecule has 2 heterocycles. The first-order valence-corrected chi connectivity index (χ1v) is 7.61. The number of aromatic nitrogens is 1. The van der Waals surface area contributed by atoms with Gasteiger partial charge in [-0.25, -0.2) is 9.78 Å². The Labute approximate surface area is 121 Å². The number of carbonyl (C=O) groups excluding carboxylic acids is 1. The maximum Gasteiger partial charge on any atom is 0.317 e. The van der Waals surface area contributed by atoms with Gasteiger partial charge in [0.25, 0.3) is 0 Å². The van der Waals surface area contributed by atoms with Crippen LogP contribution in [0, 0.1) is 5.92 Å². The molecule has 0 radical (unpaired) electrons. The molecule has 1 aliphatic rings. The third kappa shape index (κ3) is 3.69. The largest absolute Gasteiger partial charge is 0.481 e. The quantitative estimate of drug-likeness (QED) is 0.860. The lowest BCUT2D eigenvalue weighted by Gasteiger charge is -2.16. The molecule has 6 nitrogen and oxygen atoms in total. The van der Waals surface area contributed by atoms with Crippen LogP contribution in [0.2, 0.25) is 0 Å². The SMILES string of the molecule is CCc1cnc(CCNC(=O)N2CCC(C(=O)O)C2)s1. The van der Waals surface area contributed by atoms with Gasteiger partial charge in [-0.15, -0.1) is 11.3 Å². The number of urea groups is 1. The van der Waals surface area contributed by atoms with Crippen molar-refractivity contribution in [3.8, 4) is 0 Å². The highest BCUT2D eigenvalue weighted by Gasteiger charge is 2.30. The van der Waals surface area contributed by atoms with Crippen LogP contribution in [0.5, 0.6) is 0 Å². The van der Waals surface area contributed by atoms with Crippen molar-refractivity contribution < 1.29 is 14.7 Å². The van der Waals surface area contributed by atoms with Crippen LogP contribution in [0.1, 0.15) is 23.2 Å². The lowest BCUT2D eigenvalue weighted by molar-refractivity contribution is -0.141. The lowest BCUT2D eigenvalue weighted by Crippen LogP contribution is -2.39. The normalized spacial score (nSPS) is 18.2. The first-order valence-electron chi connectivity index (χ1n) is 6.79. The second-order valence-electron chi connectivity index (χ2n) is 4.83. The van der Waals surface area contributed by atoms with Gasteiger partial charge in [0, 0.05) is 37.1 Å². The van der Waals surface area contributed by atoms with Gasteiger partial charge in [0.1, 0.15) is 0 Å². The zero-order valence-corrected chi connectivity index (χ0v) is 12.3. The number of carbonyl (C=O) groups is 2. The van der Waals surface area contributed by atoms with Gasteiger partial charge in [-0.2, -0.15) is 0 Å². The Morgan fingerprint density at radius 3 is 3.00 bits per heavy atom. The van der Waals surface area contributed by atoms with Crippen LogP contribution >= 0.6 is 11.3 Å². The van der Waals surface area contributed by atoms with Crippen molar-refractivity contribution in [1.82, 2.24) is 15.2 Å². The Kier molecular flexibility index (Phi) is 4.94. The van der Waals surface area contributed by atoms with Crippen LogP contribution in [-0.2, 0) is 17.6 Å². The average Bonchev–Trinajstić information content (AvgIpc) is 3.07. The van der Waals surface area contributed by atoms with Gasteiger partial charge in [0.05, 0.1) is 10.9 Å². The minimum Gasteiger partial charge on any atom is -0.481 e. The van der Waals surface area contributed by atoms with Crippen molar-refractivity contribution in [2.45, 2.75) is 26.2 Å². The molecule has 1 saturated heterocycles. The summed E-state index contributed by atoms with van der Waals surface area (Å²) >= 11 is 1.67. The minimum absolute atomic E-state index is 0.180. The van der Waals surface area contributed by atoms with E-state index in [1.54, 1.807) is 16.2 Å². The molecule has 0 bridgehead atoms. The Hall–Kier alpha value is -1.63. The van der Waals surface area contributed by atoms with Crippen molar-refractivity contribution in [2.24, 2.45) is 5.92 Å². The summed E-state index contributed by atoms with van der Waals surface area (Å²) in [6.45, 7) is 3.44. The Balaban J connectivity index is 1.71. The molecular formula is C13H19N3O3S. The van der Waals surface area contributed by atoms with E-state index in [1.807, 2.05) is 6.20 Å². The van der Waals surface area contributed by atoms with Crippen molar-refractivity contribution in [3.05, 3.63) is 16.1 Å². The van der Waals surface area contributed by atoms with Crippen molar-refractivity contribution in [1.29, 1.82) is 0 Å². The van der Waals surface area contributed by atoms with Gasteiger partial charge < -0.3 is 15.3 Å². The fourth-order valence-electron chi connectivity index (χ4n) is 2.16. The Bertz CT molecular complexity index is 489. The molecule has 110 valence electrons. The first kappa shape index (κ1) is 14.8. The number of aryl methyl sites for hydroxylation is 1. The van der Waals surface area contributed by atoms with Crippen LogP contribution in [0.4, 0.5) is 4.79 Å². The van der Waals surface area contributed by atoms with E-state index in [2.05, 4.69) is 17.2 Å². The maximum atomic E-state index is 11.9. The van der Waals surface area contributed by atoms with Gasteiger partial charge in [0.15, 0.2) is 0 Å². The van der Waals surface area contributed by atoms with E-state index in [1.165, 1.54) is 4.88 Å². The predicted octanol–water partition coefficient (Wildman–Crippen LogP) is 1.36. The molecule has 7 heteroatoms. The molecule has 1 unspecified atom stereocenters. The molecule has 0 spiro atoms. The second-order valence-corrected chi connectivity index (χ2v) is 6.03. The smallest absolute Gasteiger partial charge is 0.317 e. The monoisotopic (exact) mass is 297 g/mol.